The number of fused-ring (bicyclic) bond motifs is 2. The average molecular weight is 392 g/mol. The van der Waals surface area contributed by atoms with E-state index in [1.807, 2.05) is 18.2 Å². The fourth-order valence-corrected chi connectivity index (χ4v) is 6.44. The summed E-state index contributed by atoms with van der Waals surface area (Å²) in [5, 5.41) is 14.3. The topological polar surface area (TPSA) is 32.3 Å². The van der Waals surface area contributed by atoms with E-state index in [0.29, 0.717) is 23.5 Å². The number of rotatable bonds is 7. The van der Waals surface area contributed by atoms with Gasteiger partial charge in [0, 0.05) is 5.54 Å². The molecular formula is C27H37NO. The van der Waals surface area contributed by atoms with Crippen molar-refractivity contribution in [2.75, 3.05) is 6.54 Å². The Hall–Kier alpha value is -1.80. The molecule has 156 valence electrons. The van der Waals surface area contributed by atoms with Crippen molar-refractivity contribution in [2.45, 2.75) is 70.3 Å². The summed E-state index contributed by atoms with van der Waals surface area (Å²) >= 11 is 0. The Morgan fingerprint density at radius 1 is 1.00 bits per heavy atom. The minimum absolute atomic E-state index is 0.222. The number of phenolic OH excluding ortho intramolecular Hbond substituents is 1. The van der Waals surface area contributed by atoms with Crippen LogP contribution in [0.1, 0.15) is 69.4 Å². The van der Waals surface area contributed by atoms with Crippen LogP contribution in [-0.2, 0) is 6.42 Å². The average Bonchev–Trinajstić information content (AvgIpc) is 2.73. The van der Waals surface area contributed by atoms with Gasteiger partial charge in [-0.1, -0.05) is 69.2 Å². The number of aromatic hydroxyl groups is 1. The van der Waals surface area contributed by atoms with E-state index >= 15 is 0 Å². The van der Waals surface area contributed by atoms with Gasteiger partial charge in [-0.15, -0.1) is 0 Å². The molecule has 0 aromatic heterocycles. The second-order valence-electron chi connectivity index (χ2n) is 9.54. The zero-order valence-electron chi connectivity index (χ0n) is 18.1. The highest BCUT2D eigenvalue weighted by Gasteiger charge is 2.52. The molecule has 2 aliphatic rings. The standard InChI is InChI=1S/C27H37NO/c1-3-9-22-19-28-27(17-20-11-6-5-7-12-20)18-26(22)25(16-23(27)10-4-2)21-13-8-14-24(29)15-21/h5-8,11-15,22-23,25-26,28-29H,3-4,9-10,16-19H2,1-2H3. The van der Waals surface area contributed by atoms with Gasteiger partial charge >= 0.3 is 0 Å². The predicted molar refractivity (Wildman–Crippen MR) is 121 cm³/mol. The lowest BCUT2D eigenvalue weighted by molar-refractivity contribution is 0.00540. The molecule has 29 heavy (non-hydrogen) atoms. The fourth-order valence-electron chi connectivity index (χ4n) is 6.44. The first-order valence-electron chi connectivity index (χ1n) is 11.7. The van der Waals surface area contributed by atoms with Gasteiger partial charge < -0.3 is 10.4 Å². The van der Waals surface area contributed by atoms with Crippen LogP contribution in [-0.4, -0.2) is 17.2 Å². The first-order chi connectivity index (χ1) is 14.1. The van der Waals surface area contributed by atoms with E-state index < -0.39 is 0 Å². The van der Waals surface area contributed by atoms with E-state index in [9.17, 15) is 5.11 Å². The van der Waals surface area contributed by atoms with Crippen molar-refractivity contribution in [1.82, 2.24) is 5.32 Å². The van der Waals surface area contributed by atoms with Crippen LogP contribution in [0.5, 0.6) is 5.75 Å². The van der Waals surface area contributed by atoms with Crippen molar-refractivity contribution in [1.29, 1.82) is 0 Å². The molecule has 0 spiro atoms. The van der Waals surface area contributed by atoms with Crippen LogP contribution in [0.25, 0.3) is 0 Å². The van der Waals surface area contributed by atoms with Crippen LogP contribution < -0.4 is 5.32 Å². The predicted octanol–water partition coefficient (Wildman–Crippen LogP) is 6.30. The summed E-state index contributed by atoms with van der Waals surface area (Å²) in [5.74, 6) is 3.10. The Morgan fingerprint density at radius 2 is 1.79 bits per heavy atom. The van der Waals surface area contributed by atoms with Crippen LogP contribution in [0.15, 0.2) is 54.6 Å². The fraction of sp³-hybridized carbons (Fsp3) is 0.556. The molecule has 4 rings (SSSR count). The number of hydrogen-bond acceptors (Lipinski definition) is 2. The van der Waals surface area contributed by atoms with Crippen LogP contribution in [0.4, 0.5) is 0 Å². The molecule has 1 saturated heterocycles. The van der Waals surface area contributed by atoms with E-state index in [1.165, 1.54) is 49.7 Å². The first kappa shape index (κ1) is 20.5. The Kier molecular flexibility index (Phi) is 6.29. The quantitative estimate of drug-likeness (QED) is 0.580. The Morgan fingerprint density at radius 3 is 2.52 bits per heavy atom. The van der Waals surface area contributed by atoms with E-state index in [0.717, 1.165) is 18.9 Å². The molecular weight excluding hydrogens is 354 g/mol. The van der Waals surface area contributed by atoms with Gasteiger partial charge in [0.25, 0.3) is 0 Å². The van der Waals surface area contributed by atoms with Crippen LogP contribution >= 0.6 is 0 Å². The van der Waals surface area contributed by atoms with Crippen molar-refractivity contribution in [3.05, 3.63) is 65.7 Å². The molecule has 2 nitrogen and oxygen atoms in total. The highest BCUT2D eigenvalue weighted by atomic mass is 16.3. The van der Waals surface area contributed by atoms with Gasteiger partial charge in [0.15, 0.2) is 0 Å². The first-order valence-corrected chi connectivity index (χ1v) is 11.7. The van der Waals surface area contributed by atoms with Crippen molar-refractivity contribution in [2.24, 2.45) is 17.8 Å². The zero-order valence-corrected chi connectivity index (χ0v) is 18.1. The summed E-state index contributed by atoms with van der Waals surface area (Å²) in [5.41, 5.74) is 3.04. The molecule has 1 saturated carbocycles. The van der Waals surface area contributed by atoms with E-state index in [4.69, 9.17) is 0 Å². The summed E-state index contributed by atoms with van der Waals surface area (Å²) in [6, 6.07) is 19.2. The highest BCUT2D eigenvalue weighted by Crippen LogP contribution is 2.54. The maximum absolute atomic E-state index is 10.1. The third kappa shape index (κ3) is 4.23. The molecule has 2 aromatic rings. The highest BCUT2D eigenvalue weighted by molar-refractivity contribution is 5.32. The Balaban J connectivity index is 1.69. The second-order valence-corrected chi connectivity index (χ2v) is 9.54. The molecule has 1 heterocycles. The Bertz CT molecular complexity index is 788. The normalized spacial score (nSPS) is 31.5. The minimum atomic E-state index is 0.222. The molecule has 5 atom stereocenters. The maximum atomic E-state index is 10.1. The van der Waals surface area contributed by atoms with Crippen LogP contribution in [0.2, 0.25) is 0 Å². The summed E-state index contributed by atoms with van der Waals surface area (Å²) in [4.78, 5) is 0. The number of phenols is 1. The number of hydrogen-bond donors (Lipinski definition) is 2. The van der Waals surface area contributed by atoms with Crippen LogP contribution in [0.3, 0.4) is 0 Å². The van der Waals surface area contributed by atoms with E-state index in [-0.39, 0.29) is 5.54 Å². The van der Waals surface area contributed by atoms with Crippen molar-refractivity contribution in [3.8, 4) is 5.75 Å². The van der Waals surface area contributed by atoms with Gasteiger partial charge in [-0.2, -0.15) is 0 Å². The largest absolute Gasteiger partial charge is 0.508 e. The molecule has 1 aliphatic heterocycles. The summed E-state index contributed by atoms with van der Waals surface area (Å²) < 4.78 is 0. The third-order valence-corrected chi connectivity index (χ3v) is 7.72. The molecule has 2 aromatic carbocycles. The van der Waals surface area contributed by atoms with Gasteiger partial charge in [-0.05, 0) is 85.6 Å². The van der Waals surface area contributed by atoms with Gasteiger partial charge in [0.05, 0.1) is 0 Å². The third-order valence-electron chi connectivity index (χ3n) is 7.72. The molecule has 2 N–H and O–H groups in total. The van der Waals surface area contributed by atoms with Gasteiger partial charge in [0.1, 0.15) is 5.75 Å². The van der Waals surface area contributed by atoms with Gasteiger partial charge in [-0.3, -0.25) is 0 Å². The summed E-state index contributed by atoms with van der Waals surface area (Å²) in [7, 11) is 0. The summed E-state index contributed by atoms with van der Waals surface area (Å²) in [6.45, 7) is 5.78. The minimum Gasteiger partial charge on any atom is -0.508 e. The van der Waals surface area contributed by atoms with Gasteiger partial charge in [0.2, 0.25) is 0 Å². The number of benzene rings is 2. The smallest absolute Gasteiger partial charge is 0.115 e. The Labute approximate surface area is 176 Å². The lowest BCUT2D eigenvalue weighted by atomic mass is 9.54. The SMILES string of the molecule is CCCC1CNC2(Cc3ccccc3)CC1C(c1cccc(O)c1)CC2CCC. The van der Waals surface area contributed by atoms with Crippen LogP contribution in [0, 0.1) is 17.8 Å². The summed E-state index contributed by atoms with van der Waals surface area (Å²) in [6.07, 6.45) is 8.70. The molecule has 0 amide bonds. The van der Waals surface area contributed by atoms with E-state index in [1.54, 1.807) is 0 Å². The van der Waals surface area contributed by atoms with Gasteiger partial charge in [-0.25, -0.2) is 0 Å². The molecule has 2 heteroatoms. The van der Waals surface area contributed by atoms with Crippen molar-refractivity contribution >= 4 is 0 Å². The second kappa shape index (κ2) is 8.92. The number of nitrogens with one attached hydrogen (secondary N) is 1. The van der Waals surface area contributed by atoms with Crippen molar-refractivity contribution in [3.63, 3.8) is 0 Å². The molecule has 5 unspecified atom stereocenters. The molecule has 2 fully saturated rings. The molecule has 0 radical (unpaired) electrons. The molecule has 1 aliphatic carbocycles. The van der Waals surface area contributed by atoms with E-state index in [2.05, 4.69) is 55.6 Å². The maximum Gasteiger partial charge on any atom is 0.115 e. The number of piperidine rings is 1. The lowest BCUT2D eigenvalue weighted by Crippen LogP contribution is -2.63. The lowest BCUT2D eigenvalue weighted by Gasteiger charge is -2.57. The van der Waals surface area contributed by atoms with Crippen molar-refractivity contribution < 1.29 is 5.11 Å². The zero-order chi connectivity index (χ0) is 20.3. The monoisotopic (exact) mass is 391 g/mol. The molecule has 2 bridgehead atoms.